The third kappa shape index (κ3) is 2.26. The second kappa shape index (κ2) is 4.50. The van der Waals surface area contributed by atoms with Crippen molar-refractivity contribution in [3.63, 3.8) is 0 Å². The van der Waals surface area contributed by atoms with Gasteiger partial charge in [0.2, 0.25) is 0 Å². The molecule has 82 valence electrons. The van der Waals surface area contributed by atoms with Crippen molar-refractivity contribution in [3.8, 4) is 0 Å². The average molecular weight is 265 g/mol. The smallest absolute Gasteiger partial charge is 0.0641 e. The van der Waals surface area contributed by atoms with Gasteiger partial charge in [-0.15, -0.1) is 0 Å². The molecule has 0 unspecified atom stereocenters. The Bertz CT molecular complexity index is 374. The quantitative estimate of drug-likeness (QED) is 0.785. The Kier molecular flexibility index (Phi) is 3.46. The summed E-state index contributed by atoms with van der Waals surface area (Å²) in [6.07, 6.45) is 3.59. The summed E-state index contributed by atoms with van der Waals surface area (Å²) in [6, 6.07) is 3.42. The lowest BCUT2D eigenvalue weighted by Gasteiger charge is -2.32. The van der Waals surface area contributed by atoms with Gasteiger partial charge in [-0.25, -0.2) is 0 Å². The van der Waals surface area contributed by atoms with Gasteiger partial charge in [0.15, 0.2) is 0 Å². The number of rotatable bonds is 2. The highest BCUT2D eigenvalue weighted by atomic mass is 35.5. The Balaban J connectivity index is 2.33. The predicted molar refractivity (Wildman–Crippen MR) is 65.7 cm³/mol. The van der Waals surface area contributed by atoms with Gasteiger partial charge >= 0.3 is 0 Å². The summed E-state index contributed by atoms with van der Waals surface area (Å²) in [4.78, 5) is 0. The molecule has 0 amide bonds. The highest BCUT2D eigenvalue weighted by Gasteiger charge is 2.27. The Morgan fingerprint density at radius 1 is 1.20 bits per heavy atom. The molecule has 0 bridgehead atoms. The van der Waals surface area contributed by atoms with Crippen LogP contribution in [0.1, 0.15) is 30.9 Å². The fraction of sp³-hybridized carbons (Fsp3) is 0.455. The van der Waals surface area contributed by atoms with Gasteiger partial charge in [0.25, 0.3) is 0 Å². The molecule has 0 aliphatic heterocycles. The van der Waals surface area contributed by atoms with E-state index in [-0.39, 0.29) is 6.04 Å². The summed E-state index contributed by atoms with van der Waals surface area (Å²) < 4.78 is 0. The van der Waals surface area contributed by atoms with Crippen molar-refractivity contribution in [1.82, 2.24) is 0 Å². The van der Waals surface area contributed by atoms with Gasteiger partial charge in [0.05, 0.1) is 10.0 Å². The molecule has 0 radical (unpaired) electrons. The van der Waals surface area contributed by atoms with E-state index in [0.717, 1.165) is 5.56 Å². The molecule has 2 rings (SSSR count). The van der Waals surface area contributed by atoms with Crippen LogP contribution in [0, 0.1) is 5.92 Å². The molecule has 4 heteroatoms. The van der Waals surface area contributed by atoms with Crippen molar-refractivity contribution < 1.29 is 0 Å². The van der Waals surface area contributed by atoms with Gasteiger partial charge in [-0.05, 0) is 36.5 Å². The van der Waals surface area contributed by atoms with Crippen LogP contribution in [0.2, 0.25) is 15.1 Å². The monoisotopic (exact) mass is 263 g/mol. The molecule has 1 aromatic rings. The van der Waals surface area contributed by atoms with E-state index in [0.29, 0.717) is 21.0 Å². The van der Waals surface area contributed by atoms with Crippen LogP contribution in [0.15, 0.2) is 12.1 Å². The second-order valence-electron chi connectivity index (χ2n) is 4.01. The summed E-state index contributed by atoms with van der Waals surface area (Å²) in [6.45, 7) is 0. The molecule has 15 heavy (non-hydrogen) atoms. The van der Waals surface area contributed by atoms with Gasteiger partial charge in [-0.2, -0.15) is 0 Å². The molecule has 1 fully saturated rings. The Morgan fingerprint density at radius 3 is 2.40 bits per heavy atom. The summed E-state index contributed by atoms with van der Waals surface area (Å²) in [5.74, 6) is 0.525. The lowest BCUT2D eigenvalue weighted by atomic mass is 9.77. The molecule has 1 nitrogen and oxygen atoms in total. The first-order valence-corrected chi connectivity index (χ1v) is 6.13. The van der Waals surface area contributed by atoms with E-state index in [4.69, 9.17) is 40.5 Å². The highest BCUT2D eigenvalue weighted by molar-refractivity contribution is 6.43. The van der Waals surface area contributed by atoms with Crippen molar-refractivity contribution >= 4 is 34.8 Å². The first kappa shape index (κ1) is 11.5. The van der Waals surface area contributed by atoms with Crippen LogP contribution in [-0.2, 0) is 0 Å². The summed E-state index contributed by atoms with van der Waals surface area (Å²) >= 11 is 18.0. The Labute approximate surface area is 104 Å². The molecule has 1 aromatic carbocycles. The molecule has 1 aliphatic rings. The van der Waals surface area contributed by atoms with Crippen LogP contribution in [0.3, 0.4) is 0 Å². The molecule has 0 saturated heterocycles. The van der Waals surface area contributed by atoms with Gasteiger partial charge in [0, 0.05) is 11.1 Å². The van der Waals surface area contributed by atoms with E-state index in [1.807, 2.05) is 6.07 Å². The van der Waals surface area contributed by atoms with E-state index >= 15 is 0 Å². The fourth-order valence-corrected chi connectivity index (χ4v) is 2.62. The highest BCUT2D eigenvalue weighted by Crippen LogP contribution is 2.41. The summed E-state index contributed by atoms with van der Waals surface area (Å²) in [7, 11) is 0. The van der Waals surface area contributed by atoms with Gasteiger partial charge in [0.1, 0.15) is 0 Å². The molecule has 1 atom stereocenters. The van der Waals surface area contributed by atoms with Crippen molar-refractivity contribution in [1.29, 1.82) is 0 Å². The van der Waals surface area contributed by atoms with E-state index < -0.39 is 0 Å². The van der Waals surface area contributed by atoms with Gasteiger partial charge < -0.3 is 5.73 Å². The number of hydrogen-bond donors (Lipinski definition) is 1. The van der Waals surface area contributed by atoms with Crippen molar-refractivity contribution in [2.24, 2.45) is 11.7 Å². The first-order chi connectivity index (χ1) is 7.09. The summed E-state index contributed by atoms with van der Waals surface area (Å²) in [5.41, 5.74) is 7.01. The SMILES string of the molecule is N[C@@H](c1cc(Cl)cc(Cl)c1Cl)C1CCC1. The van der Waals surface area contributed by atoms with Crippen LogP contribution in [-0.4, -0.2) is 0 Å². The van der Waals surface area contributed by atoms with Crippen LogP contribution in [0.25, 0.3) is 0 Å². The van der Waals surface area contributed by atoms with Crippen LogP contribution in [0.5, 0.6) is 0 Å². The minimum absolute atomic E-state index is 0.0394. The zero-order valence-corrected chi connectivity index (χ0v) is 10.4. The third-order valence-electron chi connectivity index (χ3n) is 3.04. The Hall–Kier alpha value is 0.0500. The molecular weight excluding hydrogens is 252 g/mol. The average Bonchev–Trinajstić information content (AvgIpc) is 2.08. The first-order valence-electron chi connectivity index (χ1n) is 4.99. The molecule has 0 aromatic heterocycles. The van der Waals surface area contributed by atoms with E-state index in [9.17, 15) is 0 Å². The molecule has 0 spiro atoms. The number of nitrogens with two attached hydrogens (primary N) is 1. The lowest BCUT2D eigenvalue weighted by Crippen LogP contribution is -2.27. The van der Waals surface area contributed by atoms with Crippen LogP contribution in [0.4, 0.5) is 0 Å². The van der Waals surface area contributed by atoms with E-state index in [1.165, 1.54) is 19.3 Å². The van der Waals surface area contributed by atoms with Crippen LogP contribution >= 0.6 is 34.8 Å². The number of hydrogen-bond acceptors (Lipinski definition) is 1. The lowest BCUT2D eigenvalue weighted by molar-refractivity contribution is 0.264. The normalized spacial score (nSPS) is 18.7. The van der Waals surface area contributed by atoms with Crippen molar-refractivity contribution in [3.05, 3.63) is 32.8 Å². The maximum absolute atomic E-state index is 6.14. The summed E-state index contributed by atoms with van der Waals surface area (Å²) in [5, 5.41) is 1.61. The van der Waals surface area contributed by atoms with Crippen molar-refractivity contribution in [2.45, 2.75) is 25.3 Å². The van der Waals surface area contributed by atoms with Crippen molar-refractivity contribution in [2.75, 3.05) is 0 Å². The molecular formula is C11H12Cl3N. The molecule has 0 heterocycles. The minimum Gasteiger partial charge on any atom is -0.324 e. The fourth-order valence-electron chi connectivity index (χ4n) is 1.87. The maximum atomic E-state index is 6.14. The number of benzene rings is 1. The predicted octanol–water partition coefficient (Wildman–Crippen LogP) is 4.45. The molecule has 2 N–H and O–H groups in total. The van der Waals surface area contributed by atoms with Gasteiger partial charge in [-0.1, -0.05) is 41.2 Å². The maximum Gasteiger partial charge on any atom is 0.0641 e. The minimum atomic E-state index is -0.0394. The largest absolute Gasteiger partial charge is 0.324 e. The zero-order chi connectivity index (χ0) is 11.0. The topological polar surface area (TPSA) is 26.0 Å². The molecule has 1 aliphatic carbocycles. The van der Waals surface area contributed by atoms with Crippen LogP contribution < -0.4 is 5.73 Å². The number of halogens is 3. The third-order valence-corrected chi connectivity index (χ3v) is 4.07. The Morgan fingerprint density at radius 2 is 1.87 bits per heavy atom. The van der Waals surface area contributed by atoms with Gasteiger partial charge in [-0.3, -0.25) is 0 Å². The molecule has 1 saturated carbocycles. The van der Waals surface area contributed by atoms with E-state index in [1.54, 1.807) is 6.07 Å². The standard InChI is InChI=1S/C11H12Cl3N/c12-7-4-8(10(14)9(13)5-7)11(15)6-2-1-3-6/h4-6,11H,1-3,15H2/t11-/m1/s1. The second-order valence-corrected chi connectivity index (χ2v) is 5.23. The van der Waals surface area contributed by atoms with E-state index in [2.05, 4.69) is 0 Å². The zero-order valence-electron chi connectivity index (χ0n) is 8.14.